The van der Waals surface area contributed by atoms with Crippen LogP contribution in [0.25, 0.3) is 0 Å². The van der Waals surface area contributed by atoms with Crippen LogP contribution in [0.15, 0.2) is 24.3 Å². The Balaban J connectivity index is 2.06. The number of rotatable bonds is 5. The van der Waals surface area contributed by atoms with Gasteiger partial charge in [0.15, 0.2) is 0 Å². The van der Waals surface area contributed by atoms with Crippen LogP contribution in [-0.2, 0) is 19.2 Å². The Kier molecular flexibility index (Phi) is 7.57. The molecule has 0 N–H and O–H groups in total. The minimum atomic E-state index is -4.67. The summed E-state index contributed by atoms with van der Waals surface area (Å²) >= 11 is 10.3. The van der Waals surface area contributed by atoms with Crippen LogP contribution >= 0.6 is 18.9 Å². The summed E-state index contributed by atoms with van der Waals surface area (Å²) in [5.41, 5.74) is 1.04. The molecule has 2 aliphatic carbocycles. The quantitative estimate of drug-likeness (QED) is 0.242. The van der Waals surface area contributed by atoms with Gasteiger partial charge in [0.1, 0.15) is 0 Å². The maximum absolute atomic E-state index is 12.8. The van der Waals surface area contributed by atoms with E-state index in [4.69, 9.17) is 11.6 Å². The molecule has 157 valence electrons. The van der Waals surface area contributed by atoms with E-state index < -0.39 is 13.6 Å². The minimum absolute atomic E-state index is 0.113. The molecule has 0 aromatic heterocycles. The third kappa shape index (κ3) is 5.03. The second-order valence-corrected chi connectivity index (χ2v) is 15.6. The van der Waals surface area contributed by atoms with Crippen molar-refractivity contribution < 1.29 is 37.1 Å². The predicted octanol–water partition coefficient (Wildman–Crippen LogP) is 6.70. The van der Waals surface area contributed by atoms with E-state index >= 15 is 0 Å². The van der Waals surface area contributed by atoms with Gasteiger partial charge in [0.25, 0.3) is 0 Å². The van der Waals surface area contributed by atoms with E-state index in [1.807, 2.05) is 6.07 Å². The first-order valence-corrected chi connectivity index (χ1v) is 13.5. The summed E-state index contributed by atoms with van der Waals surface area (Å²) in [6.45, 7) is 0. The van der Waals surface area contributed by atoms with Crippen LogP contribution in [0.1, 0.15) is 64.2 Å². The molecule has 2 fully saturated rings. The molecule has 2 saturated carbocycles. The zero-order valence-electron chi connectivity index (χ0n) is 15.3. The van der Waals surface area contributed by atoms with Crippen molar-refractivity contribution in [2.24, 2.45) is 0 Å². The Morgan fingerprint density at radius 1 is 0.963 bits per heavy atom. The fourth-order valence-electron chi connectivity index (χ4n) is 5.37. The molecule has 1 nitrogen and oxygen atoms in total. The van der Waals surface area contributed by atoms with Crippen molar-refractivity contribution in [3.8, 4) is 5.75 Å². The Morgan fingerprint density at radius 3 is 1.93 bits per heavy atom. The first kappa shape index (κ1) is 21.9. The number of hydrogen-bond donors (Lipinski definition) is 0. The molecular weight excluding hydrogens is 486 g/mol. The maximum atomic E-state index is 12.8. The Labute approximate surface area is 176 Å². The molecule has 0 aliphatic heterocycles. The molecule has 0 heterocycles. The summed E-state index contributed by atoms with van der Waals surface area (Å²) in [5.74, 6) is -0.113. The van der Waals surface area contributed by atoms with E-state index in [-0.39, 0.29) is 9.34 Å². The van der Waals surface area contributed by atoms with E-state index in [0.29, 0.717) is 11.3 Å². The summed E-state index contributed by atoms with van der Waals surface area (Å²) in [7, 11) is -2.30. The van der Waals surface area contributed by atoms with Gasteiger partial charge < -0.3 is 0 Å². The van der Waals surface area contributed by atoms with Crippen LogP contribution in [0.4, 0.5) is 13.2 Å². The van der Waals surface area contributed by atoms with Crippen molar-refractivity contribution in [3.63, 3.8) is 0 Å². The monoisotopic (exact) mass is 513 g/mol. The fourth-order valence-corrected chi connectivity index (χ4v) is 15.8. The summed E-state index contributed by atoms with van der Waals surface area (Å²) < 4.78 is 42.5. The molecule has 1 aromatic rings. The molecule has 0 spiro atoms. The molecule has 3 rings (SSSR count). The van der Waals surface area contributed by atoms with E-state index in [1.54, 1.807) is 12.1 Å². The van der Waals surface area contributed by atoms with Crippen LogP contribution in [0.3, 0.4) is 0 Å². The molecule has 0 bridgehead atoms. The summed E-state index contributed by atoms with van der Waals surface area (Å²) in [5, 5.41) is 1.04. The van der Waals surface area contributed by atoms with E-state index in [1.165, 1.54) is 44.6 Å². The Hall–Kier alpha value is 0.192. The molecule has 0 amide bonds. The fraction of sp³-hybridized carbons (Fsp3) is 0.700. The van der Waals surface area contributed by atoms with Gasteiger partial charge in [-0.25, -0.2) is 0 Å². The number of benzene rings is 1. The number of alkyl halides is 4. The van der Waals surface area contributed by atoms with Crippen molar-refractivity contribution in [2.45, 2.75) is 85.5 Å². The molecule has 2 aliphatic rings. The van der Waals surface area contributed by atoms with E-state index in [9.17, 15) is 13.2 Å². The van der Waals surface area contributed by atoms with Gasteiger partial charge in [0.2, 0.25) is 0 Å². The molecule has 27 heavy (non-hydrogen) atoms. The molecule has 0 saturated heterocycles. The van der Waals surface area contributed by atoms with Gasteiger partial charge in [-0.3, -0.25) is 0 Å². The number of halogens is 4. The summed E-state index contributed by atoms with van der Waals surface area (Å²) in [6.07, 6.45) is 7.22. The molecule has 0 radical (unpaired) electrons. The zero-order valence-corrected chi connectivity index (χ0v) is 18.7. The van der Waals surface area contributed by atoms with Crippen LogP contribution in [-0.4, -0.2) is 21.3 Å². The van der Waals surface area contributed by atoms with Crippen molar-refractivity contribution >= 4 is 24.2 Å². The second-order valence-electron chi connectivity index (χ2n) is 7.95. The number of ether oxygens (including phenoxy) is 1. The first-order chi connectivity index (χ1) is 12.8. The van der Waals surface area contributed by atoms with Gasteiger partial charge in [0.05, 0.1) is 0 Å². The van der Waals surface area contributed by atoms with Crippen LogP contribution in [0.2, 0.25) is 0 Å². The van der Waals surface area contributed by atoms with Gasteiger partial charge in [-0.1, -0.05) is 0 Å². The second kappa shape index (κ2) is 9.34. The Morgan fingerprint density at radius 2 is 1.48 bits per heavy atom. The zero-order chi connectivity index (χ0) is 19.5. The summed E-state index contributed by atoms with van der Waals surface area (Å²) in [4.78, 5) is 0. The Bertz CT molecular complexity index is 595. The molecule has 1 aromatic carbocycles. The van der Waals surface area contributed by atoms with Crippen molar-refractivity contribution in [1.29, 1.82) is 0 Å². The van der Waals surface area contributed by atoms with Gasteiger partial charge in [-0.15, -0.1) is 0 Å². The molecule has 1 atom stereocenters. The molecule has 1 unspecified atom stereocenters. The van der Waals surface area contributed by atoms with Crippen molar-refractivity contribution in [1.82, 2.24) is 0 Å². The van der Waals surface area contributed by atoms with E-state index in [0.717, 1.165) is 31.0 Å². The predicted molar refractivity (Wildman–Crippen MR) is 104 cm³/mol. The van der Waals surface area contributed by atoms with Gasteiger partial charge in [-0.05, 0) is 0 Å². The third-order valence-electron chi connectivity index (χ3n) is 6.46. The average Bonchev–Trinajstić information content (AvgIpc) is 2.63. The van der Waals surface area contributed by atoms with Crippen LogP contribution in [0.5, 0.6) is 5.75 Å². The molecular formula is C20H28ClF3OPPd. The standard InChI is InChI=1S/C20H28ClF3OP.Pd/c21-15-26(17-9-3-1-4-10-17,18-11-5-2-6-12-18)19-13-7-8-16(14-19)25-20(22,23)24;/h7-8,13-15,17-18,26H,1-6,9-12H2;. The van der Waals surface area contributed by atoms with E-state index in [2.05, 4.69) is 23.9 Å². The van der Waals surface area contributed by atoms with Crippen LogP contribution in [0, 0.1) is 0 Å². The average molecular weight is 514 g/mol. The van der Waals surface area contributed by atoms with Gasteiger partial charge >= 0.3 is 177 Å². The van der Waals surface area contributed by atoms with Crippen molar-refractivity contribution in [3.05, 3.63) is 24.3 Å². The van der Waals surface area contributed by atoms with Crippen LogP contribution < -0.4 is 10.0 Å². The van der Waals surface area contributed by atoms with Gasteiger partial charge in [-0.2, -0.15) is 0 Å². The van der Waals surface area contributed by atoms with Crippen molar-refractivity contribution in [2.75, 3.05) is 0 Å². The normalized spacial score (nSPS) is 22.4. The third-order valence-corrected chi connectivity index (χ3v) is 15.6. The van der Waals surface area contributed by atoms with Gasteiger partial charge in [0, 0.05) is 0 Å². The summed E-state index contributed by atoms with van der Waals surface area (Å²) in [6, 6.07) is 6.77. The number of hydrogen-bond acceptors (Lipinski definition) is 1. The first-order valence-electron chi connectivity index (χ1n) is 9.95. The topological polar surface area (TPSA) is 9.23 Å². The molecule has 7 heteroatoms. The SMILES string of the molecule is FC(F)(F)Oc1cccc([PH]([CH](Cl)[Pd])(C2CCCCC2)C2CCCCC2)c1.